The lowest BCUT2D eigenvalue weighted by Gasteiger charge is -2.06. The third-order valence-electron chi connectivity index (χ3n) is 2.32. The minimum Gasteiger partial charge on any atom is -0.485 e. The summed E-state index contributed by atoms with van der Waals surface area (Å²) >= 11 is 0. The first-order chi connectivity index (χ1) is 8.19. The Hall–Kier alpha value is -1.91. The summed E-state index contributed by atoms with van der Waals surface area (Å²) in [5.74, 6) is 1.20. The summed E-state index contributed by atoms with van der Waals surface area (Å²) in [4.78, 5) is 4.10. The van der Waals surface area contributed by atoms with Crippen LogP contribution >= 0.6 is 0 Å². The highest BCUT2D eigenvalue weighted by Crippen LogP contribution is 2.19. The molecule has 0 aliphatic rings. The van der Waals surface area contributed by atoms with Crippen molar-refractivity contribution in [2.24, 2.45) is 0 Å². The Morgan fingerprint density at radius 2 is 2.24 bits per heavy atom. The van der Waals surface area contributed by atoms with Crippen molar-refractivity contribution in [1.82, 2.24) is 10.1 Å². The van der Waals surface area contributed by atoms with Crippen molar-refractivity contribution in [2.75, 3.05) is 0 Å². The number of hydrogen-bond donors (Lipinski definition) is 0. The first-order valence-corrected chi connectivity index (χ1v) is 5.39. The highest BCUT2D eigenvalue weighted by molar-refractivity contribution is 5.32. The lowest BCUT2D eigenvalue weighted by Crippen LogP contribution is -1.99. The molecule has 0 N–H and O–H groups in total. The third-order valence-corrected chi connectivity index (χ3v) is 2.32. The molecule has 0 saturated carbocycles. The quantitative estimate of drug-likeness (QED) is 0.818. The fraction of sp³-hybridized carbons (Fsp3) is 0.333. The average Bonchev–Trinajstić information content (AvgIpc) is 2.78. The number of benzene rings is 1. The molecule has 0 aliphatic heterocycles. The van der Waals surface area contributed by atoms with E-state index in [1.165, 1.54) is 12.1 Å². The first-order valence-electron chi connectivity index (χ1n) is 5.39. The van der Waals surface area contributed by atoms with Crippen molar-refractivity contribution in [3.8, 4) is 5.75 Å². The molecule has 17 heavy (non-hydrogen) atoms. The molecule has 5 heteroatoms. The van der Waals surface area contributed by atoms with E-state index >= 15 is 0 Å². The van der Waals surface area contributed by atoms with Crippen molar-refractivity contribution in [3.05, 3.63) is 41.3 Å². The smallest absolute Gasteiger partial charge is 0.226 e. The van der Waals surface area contributed by atoms with Gasteiger partial charge in [0.15, 0.2) is 6.61 Å². The van der Waals surface area contributed by atoms with E-state index in [-0.39, 0.29) is 12.4 Å². The molecule has 2 rings (SSSR count). The lowest BCUT2D eigenvalue weighted by atomic mass is 10.2. The van der Waals surface area contributed by atoms with E-state index in [1.54, 1.807) is 6.07 Å². The van der Waals surface area contributed by atoms with Gasteiger partial charge in [0.05, 0.1) is 0 Å². The summed E-state index contributed by atoms with van der Waals surface area (Å²) in [6.07, 6.45) is 0.687. The molecular weight excluding hydrogens is 223 g/mol. The van der Waals surface area contributed by atoms with Gasteiger partial charge in [0, 0.05) is 12.5 Å². The minimum atomic E-state index is -0.326. The van der Waals surface area contributed by atoms with Gasteiger partial charge in [0.1, 0.15) is 11.6 Å². The van der Waals surface area contributed by atoms with E-state index in [1.807, 2.05) is 13.8 Å². The largest absolute Gasteiger partial charge is 0.485 e. The molecule has 1 aromatic heterocycles. The Kier molecular flexibility index (Phi) is 3.37. The molecule has 0 fully saturated rings. The normalized spacial score (nSPS) is 10.5. The summed E-state index contributed by atoms with van der Waals surface area (Å²) in [6.45, 7) is 3.95. The average molecular weight is 236 g/mol. The van der Waals surface area contributed by atoms with E-state index < -0.39 is 0 Å². The van der Waals surface area contributed by atoms with E-state index in [0.717, 1.165) is 5.56 Å². The van der Waals surface area contributed by atoms with Crippen LogP contribution in [0.3, 0.4) is 0 Å². The molecule has 2 aromatic rings. The fourth-order valence-electron chi connectivity index (χ4n) is 1.36. The second-order valence-electron chi connectivity index (χ2n) is 3.66. The Morgan fingerprint density at radius 1 is 1.41 bits per heavy atom. The van der Waals surface area contributed by atoms with Crippen molar-refractivity contribution in [1.29, 1.82) is 0 Å². The summed E-state index contributed by atoms with van der Waals surface area (Å²) in [5.41, 5.74) is 0.866. The number of nitrogens with zero attached hydrogens (tertiary/aromatic N) is 2. The van der Waals surface area contributed by atoms with Crippen LogP contribution in [0.1, 0.15) is 24.2 Å². The fourth-order valence-corrected chi connectivity index (χ4v) is 1.36. The van der Waals surface area contributed by atoms with Crippen LogP contribution in [0.2, 0.25) is 0 Å². The van der Waals surface area contributed by atoms with E-state index in [2.05, 4.69) is 10.1 Å². The summed E-state index contributed by atoms with van der Waals surface area (Å²) < 4.78 is 23.4. The molecule has 4 nitrogen and oxygen atoms in total. The van der Waals surface area contributed by atoms with Crippen LogP contribution in [-0.2, 0) is 13.0 Å². The van der Waals surface area contributed by atoms with Crippen LogP contribution in [0.15, 0.2) is 22.7 Å². The van der Waals surface area contributed by atoms with Gasteiger partial charge in [-0.05, 0) is 18.6 Å². The summed E-state index contributed by atoms with van der Waals surface area (Å²) in [6, 6.07) is 4.40. The summed E-state index contributed by atoms with van der Waals surface area (Å²) in [5, 5.41) is 3.75. The van der Waals surface area contributed by atoms with Crippen LogP contribution in [0.4, 0.5) is 4.39 Å². The zero-order valence-electron chi connectivity index (χ0n) is 9.74. The maximum Gasteiger partial charge on any atom is 0.226 e. The van der Waals surface area contributed by atoms with Crippen LogP contribution in [0, 0.1) is 12.7 Å². The predicted octanol–water partition coefficient (Wildman–Crippen LogP) is 2.66. The molecular formula is C12H13FN2O2. The number of ether oxygens (including phenoxy) is 1. The third kappa shape index (κ3) is 2.81. The molecule has 0 unspecified atom stereocenters. The number of hydrogen-bond acceptors (Lipinski definition) is 4. The standard InChI is InChI=1S/C12H13FN2O2/c1-3-12-14-11(15-17-12)7-16-10-6-9(13)5-4-8(10)2/h4-6H,3,7H2,1-2H3. The van der Waals surface area contributed by atoms with Crippen molar-refractivity contribution in [2.45, 2.75) is 26.9 Å². The van der Waals surface area contributed by atoms with Gasteiger partial charge in [-0.25, -0.2) is 4.39 Å². The molecule has 0 atom stereocenters. The highest BCUT2D eigenvalue weighted by atomic mass is 19.1. The van der Waals surface area contributed by atoms with Crippen molar-refractivity contribution >= 4 is 0 Å². The van der Waals surface area contributed by atoms with Gasteiger partial charge < -0.3 is 9.26 Å². The van der Waals surface area contributed by atoms with Crippen LogP contribution < -0.4 is 4.74 Å². The summed E-state index contributed by atoms with van der Waals surface area (Å²) in [7, 11) is 0. The Balaban J connectivity index is 2.04. The lowest BCUT2D eigenvalue weighted by molar-refractivity contribution is 0.282. The molecule has 0 saturated heterocycles. The maximum atomic E-state index is 13.0. The van der Waals surface area contributed by atoms with Crippen LogP contribution in [0.5, 0.6) is 5.75 Å². The van der Waals surface area contributed by atoms with Gasteiger partial charge in [0.2, 0.25) is 11.7 Å². The van der Waals surface area contributed by atoms with Gasteiger partial charge in [-0.15, -0.1) is 0 Å². The Labute approximate surface area is 98.4 Å². The van der Waals surface area contributed by atoms with Gasteiger partial charge in [-0.3, -0.25) is 0 Å². The van der Waals surface area contributed by atoms with Crippen LogP contribution in [-0.4, -0.2) is 10.1 Å². The van der Waals surface area contributed by atoms with Gasteiger partial charge in [0.25, 0.3) is 0 Å². The number of halogens is 1. The van der Waals surface area contributed by atoms with Crippen LogP contribution in [0.25, 0.3) is 0 Å². The molecule has 1 heterocycles. The van der Waals surface area contributed by atoms with Crippen molar-refractivity contribution < 1.29 is 13.7 Å². The molecule has 0 radical (unpaired) electrons. The van der Waals surface area contributed by atoms with E-state index in [4.69, 9.17) is 9.26 Å². The molecule has 0 spiro atoms. The molecule has 0 aliphatic carbocycles. The number of aryl methyl sites for hydroxylation is 2. The predicted molar refractivity (Wildman–Crippen MR) is 59.1 cm³/mol. The maximum absolute atomic E-state index is 13.0. The minimum absolute atomic E-state index is 0.174. The number of aromatic nitrogens is 2. The SMILES string of the molecule is CCc1nc(COc2cc(F)ccc2C)no1. The molecule has 90 valence electrons. The van der Waals surface area contributed by atoms with E-state index in [9.17, 15) is 4.39 Å². The van der Waals surface area contributed by atoms with E-state index in [0.29, 0.717) is 23.9 Å². The molecule has 0 amide bonds. The van der Waals surface area contributed by atoms with Gasteiger partial charge in [-0.1, -0.05) is 18.1 Å². The number of rotatable bonds is 4. The molecule has 0 bridgehead atoms. The Morgan fingerprint density at radius 3 is 2.94 bits per heavy atom. The topological polar surface area (TPSA) is 48.2 Å². The first kappa shape index (κ1) is 11.6. The van der Waals surface area contributed by atoms with Crippen molar-refractivity contribution in [3.63, 3.8) is 0 Å². The Bertz CT molecular complexity index is 511. The zero-order chi connectivity index (χ0) is 12.3. The highest BCUT2D eigenvalue weighted by Gasteiger charge is 2.07. The monoisotopic (exact) mass is 236 g/mol. The molecule has 1 aromatic carbocycles. The second kappa shape index (κ2) is 4.95. The van der Waals surface area contributed by atoms with Gasteiger partial charge in [-0.2, -0.15) is 4.98 Å². The van der Waals surface area contributed by atoms with Gasteiger partial charge >= 0.3 is 0 Å². The zero-order valence-corrected chi connectivity index (χ0v) is 9.74. The second-order valence-corrected chi connectivity index (χ2v) is 3.66.